The highest BCUT2D eigenvalue weighted by Gasteiger charge is 2.26. The van der Waals surface area contributed by atoms with E-state index in [2.05, 4.69) is 10.6 Å². The van der Waals surface area contributed by atoms with Crippen LogP contribution in [0.25, 0.3) is 0 Å². The third-order valence-electron chi connectivity index (χ3n) is 4.16. The van der Waals surface area contributed by atoms with Crippen LogP contribution in [0.2, 0.25) is 0 Å². The normalized spacial score (nSPS) is 14.5. The summed E-state index contributed by atoms with van der Waals surface area (Å²) in [5.41, 5.74) is 0.223. The summed E-state index contributed by atoms with van der Waals surface area (Å²) in [7, 11) is 0. The third kappa shape index (κ3) is 5.41. The van der Waals surface area contributed by atoms with Crippen LogP contribution >= 0.6 is 0 Å². The summed E-state index contributed by atoms with van der Waals surface area (Å²) >= 11 is 0. The molecule has 0 spiro atoms. The Labute approximate surface area is 162 Å². The number of nitro benzene ring substituents is 1. The highest BCUT2D eigenvalue weighted by atomic mass is 16.6. The largest absolute Gasteiger partial charge is 0.449 e. The van der Waals surface area contributed by atoms with Gasteiger partial charge in [0.25, 0.3) is 11.6 Å². The van der Waals surface area contributed by atoms with Crippen LogP contribution in [0.3, 0.4) is 0 Å². The van der Waals surface area contributed by atoms with Gasteiger partial charge in [-0.1, -0.05) is 0 Å². The van der Waals surface area contributed by atoms with Gasteiger partial charge in [0.1, 0.15) is 5.69 Å². The molecule has 3 amide bonds. The Morgan fingerprint density at radius 3 is 2.39 bits per heavy atom. The number of carbonyl (C=O) groups excluding carboxylic acids is 3. The number of nitrogens with zero attached hydrogens (tertiary/aromatic N) is 2. The van der Waals surface area contributed by atoms with Crippen molar-refractivity contribution in [2.45, 2.75) is 45.8 Å². The fourth-order valence-corrected chi connectivity index (χ4v) is 2.82. The summed E-state index contributed by atoms with van der Waals surface area (Å²) in [6.07, 6.45) is 0.665. The predicted octanol–water partition coefficient (Wildman–Crippen LogP) is 1.97. The van der Waals surface area contributed by atoms with E-state index in [1.54, 1.807) is 13.8 Å². The molecule has 10 heteroatoms. The molecule has 0 aromatic heterocycles. The number of anilines is 1. The molecule has 1 atom stereocenters. The van der Waals surface area contributed by atoms with Crippen molar-refractivity contribution in [3.05, 3.63) is 33.9 Å². The number of esters is 1. The number of hydrogen-bond donors (Lipinski definition) is 2. The van der Waals surface area contributed by atoms with Gasteiger partial charge in [0.05, 0.1) is 10.5 Å². The molecule has 0 aliphatic carbocycles. The minimum atomic E-state index is -1.25. The molecule has 10 nitrogen and oxygen atoms in total. The van der Waals surface area contributed by atoms with E-state index in [0.717, 1.165) is 32.0 Å². The van der Waals surface area contributed by atoms with Crippen molar-refractivity contribution in [3.63, 3.8) is 0 Å². The van der Waals surface area contributed by atoms with Gasteiger partial charge in [0.15, 0.2) is 6.10 Å². The van der Waals surface area contributed by atoms with Crippen LogP contribution in [0.1, 0.15) is 44.0 Å². The van der Waals surface area contributed by atoms with Crippen LogP contribution in [0, 0.1) is 10.1 Å². The number of nitrogens with one attached hydrogen (secondary N) is 2. The molecule has 1 aromatic rings. The first kappa shape index (κ1) is 21.1. The van der Waals surface area contributed by atoms with Gasteiger partial charge in [-0.15, -0.1) is 0 Å². The summed E-state index contributed by atoms with van der Waals surface area (Å²) in [5.74, 6) is -1.68. The van der Waals surface area contributed by atoms with Gasteiger partial charge >= 0.3 is 12.0 Å². The highest BCUT2D eigenvalue weighted by Crippen LogP contribution is 2.31. The number of nitro groups is 1. The zero-order valence-electron chi connectivity index (χ0n) is 16.1. The second-order valence-electron chi connectivity index (χ2n) is 6.82. The average Bonchev–Trinajstić information content (AvgIpc) is 3.14. The van der Waals surface area contributed by atoms with Crippen LogP contribution in [0.15, 0.2) is 18.2 Å². The van der Waals surface area contributed by atoms with E-state index in [9.17, 15) is 24.5 Å². The third-order valence-corrected chi connectivity index (χ3v) is 4.16. The molecule has 0 saturated carbocycles. The lowest BCUT2D eigenvalue weighted by atomic mass is 10.1. The Bertz CT molecular complexity index is 773. The Morgan fingerprint density at radius 2 is 1.82 bits per heavy atom. The number of ether oxygens (including phenoxy) is 1. The summed E-state index contributed by atoms with van der Waals surface area (Å²) in [6, 6.07) is 3.22. The fraction of sp³-hybridized carbons (Fsp3) is 0.500. The number of benzene rings is 1. The summed E-state index contributed by atoms with van der Waals surface area (Å²) in [5, 5.41) is 15.9. The number of urea groups is 1. The van der Waals surface area contributed by atoms with Crippen molar-refractivity contribution in [2.24, 2.45) is 0 Å². The fourth-order valence-electron chi connectivity index (χ4n) is 2.82. The van der Waals surface area contributed by atoms with E-state index in [1.165, 1.54) is 19.1 Å². The number of imide groups is 1. The average molecular weight is 392 g/mol. The predicted molar refractivity (Wildman–Crippen MR) is 101 cm³/mol. The SMILES string of the molecule is CC(C)NC(=O)NC(=O)C(C)OC(=O)c1ccc(N2CCCC2)c([N+](=O)[O-])c1. The monoisotopic (exact) mass is 392 g/mol. The molecular formula is C18H24N4O6. The maximum Gasteiger partial charge on any atom is 0.339 e. The summed E-state index contributed by atoms with van der Waals surface area (Å²) in [6.45, 7) is 6.21. The van der Waals surface area contributed by atoms with E-state index in [0.29, 0.717) is 5.69 Å². The molecule has 1 saturated heterocycles. The van der Waals surface area contributed by atoms with E-state index in [4.69, 9.17) is 4.74 Å². The molecule has 28 heavy (non-hydrogen) atoms. The first-order valence-electron chi connectivity index (χ1n) is 9.04. The summed E-state index contributed by atoms with van der Waals surface area (Å²) in [4.78, 5) is 48.5. The lowest BCUT2D eigenvalue weighted by Crippen LogP contribution is -2.46. The Hall–Kier alpha value is -3.17. The number of rotatable bonds is 6. The van der Waals surface area contributed by atoms with Crippen molar-refractivity contribution < 1.29 is 24.0 Å². The summed E-state index contributed by atoms with van der Waals surface area (Å²) < 4.78 is 5.04. The number of carbonyl (C=O) groups is 3. The highest BCUT2D eigenvalue weighted by molar-refractivity contribution is 5.98. The van der Waals surface area contributed by atoms with Crippen LogP contribution in [0.5, 0.6) is 0 Å². The molecule has 1 aliphatic rings. The van der Waals surface area contributed by atoms with E-state index >= 15 is 0 Å². The number of amides is 3. The first-order chi connectivity index (χ1) is 13.2. The van der Waals surface area contributed by atoms with Crippen molar-refractivity contribution >= 4 is 29.3 Å². The minimum absolute atomic E-state index is 0.0408. The van der Waals surface area contributed by atoms with Gasteiger partial charge < -0.3 is 15.0 Å². The molecule has 0 bridgehead atoms. The molecule has 152 valence electrons. The van der Waals surface area contributed by atoms with Gasteiger partial charge in [0, 0.05) is 25.2 Å². The van der Waals surface area contributed by atoms with Gasteiger partial charge in [-0.3, -0.25) is 20.2 Å². The lowest BCUT2D eigenvalue weighted by Gasteiger charge is -2.18. The molecular weight excluding hydrogens is 368 g/mol. The smallest absolute Gasteiger partial charge is 0.339 e. The Morgan fingerprint density at radius 1 is 1.18 bits per heavy atom. The van der Waals surface area contributed by atoms with Gasteiger partial charge in [-0.2, -0.15) is 0 Å². The van der Waals surface area contributed by atoms with Crippen LogP contribution < -0.4 is 15.5 Å². The van der Waals surface area contributed by atoms with E-state index < -0.39 is 28.9 Å². The van der Waals surface area contributed by atoms with Crippen LogP contribution in [-0.2, 0) is 9.53 Å². The minimum Gasteiger partial charge on any atom is -0.449 e. The topological polar surface area (TPSA) is 131 Å². The second kappa shape index (κ2) is 9.16. The Balaban J connectivity index is 2.07. The van der Waals surface area contributed by atoms with Gasteiger partial charge in [-0.25, -0.2) is 9.59 Å². The van der Waals surface area contributed by atoms with Crippen LogP contribution in [0.4, 0.5) is 16.2 Å². The molecule has 2 rings (SSSR count). The zero-order chi connectivity index (χ0) is 20.8. The standard InChI is InChI=1S/C18H24N4O6/c1-11(2)19-18(25)20-16(23)12(3)28-17(24)13-6-7-14(15(10-13)22(26)27)21-8-4-5-9-21/h6-7,10-12H,4-5,8-9H2,1-3H3,(H2,19,20,23,25). The molecule has 1 unspecified atom stereocenters. The maximum atomic E-state index is 12.3. The molecule has 1 aliphatic heterocycles. The molecule has 2 N–H and O–H groups in total. The first-order valence-corrected chi connectivity index (χ1v) is 9.04. The molecule has 1 fully saturated rings. The second-order valence-corrected chi connectivity index (χ2v) is 6.82. The molecule has 1 heterocycles. The molecule has 1 aromatic carbocycles. The quantitative estimate of drug-likeness (QED) is 0.430. The lowest BCUT2D eigenvalue weighted by molar-refractivity contribution is -0.384. The van der Waals surface area contributed by atoms with Crippen molar-refractivity contribution in [1.29, 1.82) is 0 Å². The van der Waals surface area contributed by atoms with Crippen LogP contribution in [-0.4, -0.2) is 48.1 Å². The molecule has 0 radical (unpaired) electrons. The Kier molecular flexibility index (Phi) is 6.91. The van der Waals surface area contributed by atoms with E-state index in [1.807, 2.05) is 4.90 Å². The van der Waals surface area contributed by atoms with Gasteiger partial charge in [0.2, 0.25) is 0 Å². The van der Waals surface area contributed by atoms with Crippen molar-refractivity contribution in [3.8, 4) is 0 Å². The maximum absolute atomic E-state index is 12.3. The number of hydrogen-bond acceptors (Lipinski definition) is 7. The van der Waals surface area contributed by atoms with Gasteiger partial charge in [-0.05, 0) is 45.7 Å². The van der Waals surface area contributed by atoms with Crippen molar-refractivity contribution in [1.82, 2.24) is 10.6 Å². The van der Waals surface area contributed by atoms with Crippen molar-refractivity contribution in [2.75, 3.05) is 18.0 Å². The van der Waals surface area contributed by atoms with E-state index in [-0.39, 0.29) is 17.3 Å². The zero-order valence-corrected chi connectivity index (χ0v) is 16.1.